The van der Waals surface area contributed by atoms with Crippen LogP contribution in [0.15, 0.2) is 54.9 Å². The molecule has 2 atom stereocenters. The molecule has 1 aromatic carbocycles. The van der Waals surface area contributed by atoms with Crippen molar-refractivity contribution in [2.75, 3.05) is 38.5 Å². The predicted molar refractivity (Wildman–Crippen MR) is 120 cm³/mol. The Balaban J connectivity index is 0.00000181. The molecule has 0 saturated carbocycles. The minimum Gasteiger partial charge on any atom is -1.00 e. The highest BCUT2D eigenvalue weighted by molar-refractivity contribution is 7.99. The Morgan fingerprint density at radius 1 is 1.03 bits per heavy atom. The number of thioether (sulfide) groups is 1. The maximum atomic E-state index is 13.0. The predicted octanol–water partition coefficient (Wildman–Crippen LogP) is -8.67. The van der Waals surface area contributed by atoms with Crippen LogP contribution in [0.1, 0.15) is 35.8 Å². The van der Waals surface area contributed by atoms with Gasteiger partial charge in [-0.05, 0) is 37.3 Å². The minimum atomic E-state index is 0. The normalized spacial score (nSPS) is 20.3. The van der Waals surface area contributed by atoms with Gasteiger partial charge in [-0.3, -0.25) is 4.79 Å². The van der Waals surface area contributed by atoms with Crippen molar-refractivity contribution in [2.24, 2.45) is 0 Å². The maximum Gasteiger partial charge on any atom is 0.282 e. The van der Waals surface area contributed by atoms with Crippen LogP contribution in [0.25, 0.3) is 0 Å². The van der Waals surface area contributed by atoms with Crippen LogP contribution in [-0.2, 0) is 11.2 Å². The molecule has 3 heterocycles. The number of nitrogens with zero attached hydrogens (tertiary/aromatic N) is 1. The Hall–Kier alpha value is -1.02. The van der Waals surface area contributed by atoms with Crippen LogP contribution in [0.5, 0.6) is 0 Å². The van der Waals surface area contributed by atoms with Crippen molar-refractivity contribution in [1.82, 2.24) is 4.90 Å². The molecule has 0 aliphatic carbocycles. The van der Waals surface area contributed by atoms with Gasteiger partial charge in [-0.15, -0.1) is 0 Å². The highest BCUT2D eigenvalue weighted by Gasteiger charge is 2.39. The van der Waals surface area contributed by atoms with E-state index < -0.39 is 0 Å². The lowest BCUT2D eigenvalue weighted by Gasteiger charge is -2.32. The molecule has 0 radical (unpaired) electrons. The van der Waals surface area contributed by atoms with Gasteiger partial charge in [0.2, 0.25) is 0 Å². The summed E-state index contributed by atoms with van der Waals surface area (Å²) >= 11 is 1.88. The van der Waals surface area contributed by atoms with Crippen molar-refractivity contribution in [1.29, 1.82) is 0 Å². The topological polar surface area (TPSA) is 55.5 Å². The fraction of sp³-hybridized carbons (Fsp3) is 0.500. The summed E-state index contributed by atoms with van der Waals surface area (Å²) in [5.74, 6) is 1.25. The highest BCUT2D eigenvalue weighted by atomic mass is 35.5. The first-order valence-corrected chi connectivity index (χ1v) is 12.4. The first kappa shape index (κ1) is 30.0. The van der Waals surface area contributed by atoms with Gasteiger partial charge in [0.25, 0.3) is 5.91 Å². The largest absolute Gasteiger partial charge is 1.00 e. The summed E-state index contributed by atoms with van der Waals surface area (Å²) in [5, 5.41) is 2.58. The van der Waals surface area contributed by atoms with Crippen LogP contribution in [0.2, 0.25) is 0 Å². The van der Waals surface area contributed by atoms with Crippen LogP contribution >= 0.6 is 11.8 Å². The minimum absolute atomic E-state index is 0. The van der Waals surface area contributed by atoms with Crippen LogP contribution in [0.3, 0.4) is 0 Å². The zero-order chi connectivity index (χ0) is 20.6. The quantitative estimate of drug-likeness (QED) is 0.331. The van der Waals surface area contributed by atoms with Crippen molar-refractivity contribution in [3.8, 4) is 0 Å². The Morgan fingerprint density at radius 3 is 2.48 bits per heavy atom. The Kier molecular flexibility index (Phi) is 14.4. The number of hydrogen-bond acceptors (Lipinski definition) is 2. The first-order chi connectivity index (χ1) is 14.8. The molecule has 1 aromatic heterocycles. The van der Waals surface area contributed by atoms with Gasteiger partial charge < -0.3 is 52.3 Å². The van der Waals surface area contributed by atoms with E-state index in [0.717, 1.165) is 31.9 Å². The molecule has 1 amide bonds. The number of nitrogens with two attached hydrogens (primary N) is 1. The molecule has 2 fully saturated rings. The molecule has 0 bridgehead atoms. The fourth-order valence-corrected chi connectivity index (χ4v) is 5.84. The van der Waals surface area contributed by atoms with E-state index in [-0.39, 0.29) is 43.3 Å². The second-order valence-corrected chi connectivity index (χ2v) is 9.69. The van der Waals surface area contributed by atoms with Gasteiger partial charge in [0.15, 0.2) is 23.8 Å². The Morgan fingerprint density at radius 2 is 1.79 bits per heavy atom. The zero-order valence-electron chi connectivity index (χ0n) is 18.9. The number of piperazine rings is 1. The standard InChI is InChI=1S/C24H32N4OS.3ClH/c29-24(22-19-30-23(26-22)21-11-7-12-25-18-21)28-16-14-27(15-17-28)13-6-2-5-10-20-8-3-1-4-9-20;;;/h1,3-4,7-9,11-12,18,22-23,26H,2,5-6,10,13-17,19H2;3*1H/t22-,23?;;;/m0.../s1. The number of hydrogen-bond donors (Lipinski definition) is 2. The number of unbranched alkanes of at least 4 members (excludes halogenated alkanes) is 2. The molecular formula is C24H35Cl3N4OS. The van der Waals surface area contributed by atoms with Crippen molar-refractivity contribution >= 4 is 17.7 Å². The number of carbonyl (C=O) groups is 1. The number of H-pyrrole nitrogens is 1. The van der Waals surface area contributed by atoms with E-state index in [4.69, 9.17) is 0 Å². The molecule has 184 valence electrons. The summed E-state index contributed by atoms with van der Waals surface area (Å²) in [4.78, 5) is 19.9. The number of nitrogens with one attached hydrogen (secondary N) is 2. The molecule has 1 unspecified atom stereocenters. The van der Waals surface area contributed by atoms with E-state index in [1.54, 1.807) is 4.90 Å². The molecule has 33 heavy (non-hydrogen) atoms. The number of halogens is 3. The summed E-state index contributed by atoms with van der Waals surface area (Å²) in [6, 6.07) is 15.0. The third kappa shape index (κ3) is 8.93. The summed E-state index contributed by atoms with van der Waals surface area (Å²) in [6.45, 7) is 5.27. The fourth-order valence-electron chi connectivity index (χ4n) is 4.53. The summed E-state index contributed by atoms with van der Waals surface area (Å²) in [6.07, 6.45) is 9.03. The number of amides is 1. The molecule has 2 aliphatic heterocycles. The lowest BCUT2D eigenvalue weighted by molar-refractivity contribution is -0.904. The van der Waals surface area contributed by atoms with Crippen molar-refractivity contribution in [2.45, 2.75) is 37.1 Å². The molecule has 2 aliphatic rings. The van der Waals surface area contributed by atoms with Gasteiger partial charge in [-0.2, -0.15) is 0 Å². The molecule has 9 heteroatoms. The van der Waals surface area contributed by atoms with E-state index in [0.29, 0.717) is 11.3 Å². The van der Waals surface area contributed by atoms with E-state index in [1.165, 1.54) is 43.4 Å². The monoisotopic (exact) mass is 532 g/mol. The summed E-state index contributed by atoms with van der Waals surface area (Å²) < 4.78 is 0. The maximum absolute atomic E-state index is 13.0. The number of aryl methyl sites for hydroxylation is 1. The third-order valence-electron chi connectivity index (χ3n) is 6.36. The Bertz CT molecular complexity index is 795. The van der Waals surface area contributed by atoms with Crippen LogP contribution in [-0.4, -0.2) is 55.3 Å². The van der Waals surface area contributed by atoms with Crippen LogP contribution < -0.4 is 52.4 Å². The van der Waals surface area contributed by atoms with E-state index >= 15 is 0 Å². The van der Waals surface area contributed by atoms with Crippen molar-refractivity contribution in [3.63, 3.8) is 0 Å². The number of aromatic amines is 1. The van der Waals surface area contributed by atoms with E-state index in [2.05, 4.69) is 51.6 Å². The molecule has 2 saturated heterocycles. The SMILES string of the molecule is O=C([C@@H]1CSC(c2ccc[nH+]c2)[NH2+]1)N1CC[NH+](CCCCCc2ccccc2)CC1.[Cl-].[Cl-].[Cl-]. The second-order valence-electron chi connectivity index (χ2n) is 8.51. The molecular weight excluding hydrogens is 499 g/mol. The molecule has 4 N–H and O–H groups in total. The summed E-state index contributed by atoms with van der Waals surface area (Å²) in [7, 11) is 0. The smallest absolute Gasteiger partial charge is 0.282 e. The average molecular weight is 534 g/mol. The third-order valence-corrected chi connectivity index (χ3v) is 7.70. The number of benzene rings is 1. The highest BCUT2D eigenvalue weighted by Crippen LogP contribution is 2.26. The van der Waals surface area contributed by atoms with Crippen LogP contribution in [0, 0.1) is 0 Å². The summed E-state index contributed by atoms with van der Waals surface area (Å²) in [5.41, 5.74) is 2.71. The second kappa shape index (κ2) is 15.8. The number of aromatic nitrogens is 1. The zero-order valence-corrected chi connectivity index (χ0v) is 22.0. The van der Waals surface area contributed by atoms with Gasteiger partial charge in [-0.1, -0.05) is 42.1 Å². The van der Waals surface area contributed by atoms with Gasteiger partial charge in [-0.25, -0.2) is 4.98 Å². The van der Waals surface area contributed by atoms with Gasteiger partial charge in [0.1, 0.15) is 0 Å². The molecule has 5 nitrogen and oxygen atoms in total. The van der Waals surface area contributed by atoms with Crippen molar-refractivity contribution < 1.29 is 57.2 Å². The number of rotatable bonds is 8. The van der Waals surface area contributed by atoms with E-state index in [1.807, 2.05) is 30.2 Å². The molecule has 4 rings (SSSR count). The number of pyridine rings is 1. The first-order valence-electron chi connectivity index (χ1n) is 11.4. The van der Waals surface area contributed by atoms with Gasteiger partial charge in [0, 0.05) is 6.07 Å². The average Bonchev–Trinajstić information content (AvgIpc) is 3.30. The Labute approximate surface area is 220 Å². The van der Waals surface area contributed by atoms with E-state index in [9.17, 15) is 4.79 Å². The lowest BCUT2D eigenvalue weighted by atomic mass is 10.1. The van der Waals surface area contributed by atoms with Crippen LogP contribution in [0.4, 0.5) is 0 Å². The van der Waals surface area contributed by atoms with Crippen molar-refractivity contribution in [3.05, 3.63) is 66.0 Å². The van der Waals surface area contributed by atoms with Gasteiger partial charge >= 0.3 is 0 Å². The molecule has 2 aromatic rings. The molecule has 0 spiro atoms. The lowest BCUT2D eigenvalue weighted by Crippen LogP contribution is -3.15. The van der Waals surface area contributed by atoms with Gasteiger partial charge in [0.05, 0.1) is 44.0 Å². The number of quaternary nitrogens is 2. The number of carbonyl (C=O) groups excluding carboxylic acids is 1.